The van der Waals surface area contributed by atoms with Crippen LogP contribution in [0.3, 0.4) is 0 Å². The summed E-state index contributed by atoms with van der Waals surface area (Å²) in [6, 6.07) is 49.6. The number of aromatic nitrogens is 1. The molecule has 1 aromatic heterocycles. The van der Waals surface area contributed by atoms with E-state index in [0.29, 0.717) is 11.8 Å². The zero-order valence-electron chi connectivity index (χ0n) is 22.2. The molecule has 3 aliphatic rings. The topological polar surface area (TPSA) is 4.93 Å². The monoisotopic (exact) mass is 585 g/mol. The molecule has 0 radical (unpaired) electrons. The molecule has 0 bridgehead atoms. The zero-order valence-corrected chi connectivity index (χ0v) is 23.8. The Morgan fingerprint density at radius 1 is 0.537 bits per heavy atom. The van der Waals surface area contributed by atoms with Gasteiger partial charge in [0, 0.05) is 38.2 Å². The van der Waals surface area contributed by atoms with E-state index in [1.165, 1.54) is 76.5 Å². The van der Waals surface area contributed by atoms with E-state index in [2.05, 4.69) is 154 Å². The SMILES string of the molecule is Brc1ccc(-c2ccc3c4ccccc4n(-c4ccccc4)c3c2)c2c1C1c3ccccc3C13c1ccccc1C23. The van der Waals surface area contributed by atoms with Gasteiger partial charge in [-0.3, -0.25) is 0 Å². The molecule has 3 aliphatic carbocycles. The summed E-state index contributed by atoms with van der Waals surface area (Å²) < 4.78 is 3.65. The highest BCUT2D eigenvalue weighted by Crippen LogP contribution is 2.78. The minimum Gasteiger partial charge on any atom is -0.309 e. The summed E-state index contributed by atoms with van der Waals surface area (Å²) in [5.41, 5.74) is 15.4. The van der Waals surface area contributed by atoms with Crippen LogP contribution in [0.5, 0.6) is 0 Å². The van der Waals surface area contributed by atoms with E-state index in [1.54, 1.807) is 0 Å². The molecule has 0 aliphatic heterocycles. The van der Waals surface area contributed by atoms with E-state index in [-0.39, 0.29) is 5.41 Å². The summed E-state index contributed by atoms with van der Waals surface area (Å²) >= 11 is 4.03. The number of hydrogen-bond donors (Lipinski definition) is 0. The van der Waals surface area contributed by atoms with Gasteiger partial charge in [0.15, 0.2) is 0 Å². The van der Waals surface area contributed by atoms with Crippen molar-refractivity contribution in [2.24, 2.45) is 0 Å². The highest BCUT2D eigenvalue weighted by atomic mass is 79.9. The Morgan fingerprint density at radius 3 is 1.95 bits per heavy atom. The van der Waals surface area contributed by atoms with Crippen LogP contribution in [0, 0.1) is 0 Å². The van der Waals surface area contributed by atoms with E-state index < -0.39 is 0 Å². The molecule has 1 nitrogen and oxygen atoms in total. The van der Waals surface area contributed by atoms with Gasteiger partial charge in [-0.2, -0.15) is 0 Å². The number of para-hydroxylation sites is 2. The van der Waals surface area contributed by atoms with Crippen LogP contribution in [0.4, 0.5) is 0 Å². The molecular weight excluding hydrogens is 562 g/mol. The van der Waals surface area contributed by atoms with Crippen LogP contribution in [-0.2, 0) is 5.41 Å². The van der Waals surface area contributed by atoms with E-state index in [4.69, 9.17) is 0 Å². The lowest BCUT2D eigenvalue weighted by atomic mass is 9.43. The Kier molecular flexibility index (Phi) is 4.17. The van der Waals surface area contributed by atoms with Crippen molar-refractivity contribution < 1.29 is 0 Å². The number of nitrogens with zero attached hydrogens (tertiary/aromatic N) is 1. The molecule has 1 spiro atoms. The third-order valence-electron chi connectivity index (χ3n) is 10.2. The third kappa shape index (κ3) is 2.51. The first kappa shape index (κ1) is 22.3. The lowest BCUT2D eigenvalue weighted by Gasteiger charge is -2.58. The van der Waals surface area contributed by atoms with Crippen molar-refractivity contribution in [2.75, 3.05) is 0 Å². The maximum Gasteiger partial charge on any atom is 0.0547 e. The molecule has 6 aromatic carbocycles. The van der Waals surface area contributed by atoms with E-state index in [9.17, 15) is 0 Å². The fraction of sp³-hybridized carbons (Fsp3) is 0.0769. The number of hydrogen-bond acceptors (Lipinski definition) is 0. The molecule has 2 heteroatoms. The van der Waals surface area contributed by atoms with Gasteiger partial charge in [0.05, 0.1) is 11.0 Å². The van der Waals surface area contributed by atoms with Gasteiger partial charge in [-0.1, -0.05) is 119 Å². The maximum absolute atomic E-state index is 4.03. The first-order valence-electron chi connectivity index (χ1n) is 14.4. The van der Waals surface area contributed by atoms with Gasteiger partial charge < -0.3 is 4.57 Å². The lowest BCUT2D eigenvalue weighted by molar-refractivity contribution is 0.332. The minimum atomic E-state index is 0.0528. The maximum atomic E-state index is 4.03. The fourth-order valence-electron chi connectivity index (χ4n) is 8.75. The Labute approximate surface area is 246 Å². The highest BCUT2D eigenvalue weighted by Gasteiger charge is 2.70. The summed E-state index contributed by atoms with van der Waals surface area (Å²) in [5.74, 6) is 0.763. The average molecular weight is 587 g/mol. The van der Waals surface area contributed by atoms with E-state index >= 15 is 0 Å². The predicted molar refractivity (Wildman–Crippen MR) is 171 cm³/mol. The molecule has 0 N–H and O–H groups in total. The van der Waals surface area contributed by atoms with Crippen LogP contribution in [0.1, 0.15) is 45.2 Å². The van der Waals surface area contributed by atoms with Crippen LogP contribution in [-0.4, -0.2) is 4.57 Å². The number of benzene rings is 6. The van der Waals surface area contributed by atoms with Crippen molar-refractivity contribution in [1.29, 1.82) is 0 Å². The Balaban J connectivity index is 1.27. The highest BCUT2D eigenvalue weighted by molar-refractivity contribution is 9.10. The van der Waals surface area contributed by atoms with Crippen molar-refractivity contribution in [2.45, 2.75) is 17.3 Å². The second-order valence-electron chi connectivity index (χ2n) is 11.8. The van der Waals surface area contributed by atoms with Gasteiger partial charge in [-0.25, -0.2) is 0 Å². The zero-order chi connectivity index (χ0) is 26.9. The molecule has 41 heavy (non-hydrogen) atoms. The standard InChI is InChI=1S/C39H24BrN/c40-32-21-20-25(23-18-19-27-26-12-6-9-17-33(26)41(34(27)22-23)24-10-2-1-3-11-24)35-36(32)38-29-14-5-8-16-31(29)39(38)30-15-7-4-13-28(30)37(35)39/h1-22,37-38H. The van der Waals surface area contributed by atoms with Gasteiger partial charge in [-0.05, 0) is 74.8 Å². The quantitative estimate of drug-likeness (QED) is 0.190. The molecule has 1 heterocycles. The second kappa shape index (κ2) is 7.66. The number of fused-ring (bicyclic) bond motifs is 10. The Bertz CT molecular complexity index is 2240. The lowest BCUT2D eigenvalue weighted by Crippen LogP contribution is -2.52. The smallest absolute Gasteiger partial charge is 0.0547 e. The van der Waals surface area contributed by atoms with Crippen molar-refractivity contribution in [3.8, 4) is 16.8 Å². The summed E-state index contributed by atoms with van der Waals surface area (Å²) in [6.45, 7) is 0. The van der Waals surface area contributed by atoms with Crippen LogP contribution < -0.4 is 0 Å². The molecule has 10 rings (SSSR count). The minimum absolute atomic E-state index is 0.0528. The summed E-state index contributed by atoms with van der Waals surface area (Å²) in [7, 11) is 0. The molecule has 3 atom stereocenters. The Morgan fingerprint density at radius 2 is 1.17 bits per heavy atom. The molecular formula is C39H24BrN. The normalized spacial score (nSPS) is 20.9. The summed E-state index contributed by atoms with van der Waals surface area (Å²) in [4.78, 5) is 0. The summed E-state index contributed by atoms with van der Waals surface area (Å²) in [5, 5.41) is 2.58. The third-order valence-corrected chi connectivity index (χ3v) is 10.8. The average Bonchev–Trinajstić information content (AvgIpc) is 3.45. The summed E-state index contributed by atoms with van der Waals surface area (Å²) in [6.07, 6.45) is 0. The van der Waals surface area contributed by atoms with Gasteiger partial charge >= 0.3 is 0 Å². The predicted octanol–water partition coefficient (Wildman–Crippen LogP) is 10.1. The first-order chi connectivity index (χ1) is 20.3. The molecule has 0 saturated carbocycles. The number of halogens is 1. The van der Waals surface area contributed by atoms with Crippen LogP contribution in [0.25, 0.3) is 38.6 Å². The second-order valence-corrected chi connectivity index (χ2v) is 12.6. The molecule has 0 fully saturated rings. The van der Waals surface area contributed by atoms with Gasteiger partial charge in [-0.15, -0.1) is 0 Å². The van der Waals surface area contributed by atoms with Crippen molar-refractivity contribution >= 4 is 37.7 Å². The van der Waals surface area contributed by atoms with Crippen LogP contribution >= 0.6 is 15.9 Å². The molecule has 7 aromatic rings. The fourth-order valence-corrected chi connectivity index (χ4v) is 9.32. The van der Waals surface area contributed by atoms with Crippen LogP contribution in [0.2, 0.25) is 0 Å². The largest absolute Gasteiger partial charge is 0.309 e. The van der Waals surface area contributed by atoms with Gasteiger partial charge in [0.2, 0.25) is 0 Å². The van der Waals surface area contributed by atoms with Crippen molar-refractivity contribution in [3.05, 3.63) is 171 Å². The molecule has 0 saturated heterocycles. The van der Waals surface area contributed by atoms with Crippen molar-refractivity contribution in [1.82, 2.24) is 4.57 Å². The van der Waals surface area contributed by atoms with E-state index in [0.717, 1.165) is 0 Å². The molecule has 192 valence electrons. The van der Waals surface area contributed by atoms with Crippen molar-refractivity contribution in [3.63, 3.8) is 0 Å². The first-order valence-corrected chi connectivity index (χ1v) is 15.2. The van der Waals surface area contributed by atoms with Gasteiger partial charge in [0.1, 0.15) is 0 Å². The van der Waals surface area contributed by atoms with E-state index in [1.807, 2.05) is 0 Å². The molecule has 3 unspecified atom stereocenters. The number of rotatable bonds is 2. The Hall–Kier alpha value is -4.40. The van der Waals surface area contributed by atoms with Crippen LogP contribution in [0.15, 0.2) is 138 Å². The molecule has 0 amide bonds. The van der Waals surface area contributed by atoms with Gasteiger partial charge in [0.25, 0.3) is 0 Å².